The van der Waals surface area contributed by atoms with E-state index in [0.29, 0.717) is 5.92 Å². The first-order valence-corrected chi connectivity index (χ1v) is 9.62. The quantitative estimate of drug-likeness (QED) is 0.759. The third-order valence-electron chi connectivity index (χ3n) is 5.39. The van der Waals surface area contributed by atoms with Crippen LogP contribution < -0.4 is 5.32 Å². The lowest BCUT2D eigenvalue weighted by atomic mass is 9.91. The molecular formula is C21H26N6O. The maximum Gasteiger partial charge on any atom is 0.321 e. The average Bonchev–Trinajstić information content (AvgIpc) is 3.12. The predicted octanol–water partition coefficient (Wildman–Crippen LogP) is 3.30. The lowest BCUT2D eigenvalue weighted by molar-refractivity contribution is 0.230. The van der Waals surface area contributed by atoms with Crippen LogP contribution in [-0.2, 0) is 0 Å². The zero-order chi connectivity index (χ0) is 19.7. The molecule has 4 rings (SSSR count). The fourth-order valence-corrected chi connectivity index (χ4v) is 3.64. The molecule has 0 saturated carbocycles. The number of likely N-dealkylation sites (tertiary alicyclic amines) is 1. The van der Waals surface area contributed by atoms with Crippen molar-refractivity contribution in [1.82, 2.24) is 24.4 Å². The molecule has 1 aliphatic heterocycles. The summed E-state index contributed by atoms with van der Waals surface area (Å²) in [7, 11) is 5.61. The fourth-order valence-electron chi connectivity index (χ4n) is 3.64. The number of piperidine rings is 1. The Kier molecular flexibility index (Phi) is 5.00. The van der Waals surface area contributed by atoms with E-state index in [4.69, 9.17) is 0 Å². The smallest absolute Gasteiger partial charge is 0.321 e. The van der Waals surface area contributed by atoms with E-state index in [1.807, 2.05) is 41.2 Å². The van der Waals surface area contributed by atoms with Crippen molar-refractivity contribution in [2.45, 2.75) is 18.8 Å². The minimum absolute atomic E-state index is 0.156. The van der Waals surface area contributed by atoms with Crippen molar-refractivity contribution in [2.24, 2.45) is 0 Å². The minimum Gasteiger partial charge on any atom is -0.331 e. The number of carbonyl (C=O) groups excluding carboxylic acids is 1. The Balaban J connectivity index is 1.61. The van der Waals surface area contributed by atoms with Gasteiger partial charge in [0.2, 0.25) is 0 Å². The van der Waals surface area contributed by atoms with Crippen LogP contribution in [0.15, 0.2) is 42.7 Å². The van der Waals surface area contributed by atoms with E-state index in [1.54, 1.807) is 14.1 Å². The van der Waals surface area contributed by atoms with Gasteiger partial charge in [0.15, 0.2) is 5.65 Å². The minimum atomic E-state index is -0.156. The van der Waals surface area contributed by atoms with Crippen molar-refractivity contribution in [2.75, 3.05) is 39.5 Å². The molecule has 0 unspecified atom stereocenters. The highest BCUT2D eigenvalue weighted by Crippen LogP contribution is 2.29. The Bertz CT molecular complexity index is 987. The molecule has 7 heteroatoms. The van der Waals surface area contributed by atoms with Crippen LogP contribution in [0.25, 0.3) is 16.9 Å². The Hall–Kier alpha value is -2.93. The molecule has 28 heavy (non-hydrogen) atoms. The molecule has 2 aromatic heterocycles. The number of aromatic nitrogens is 3. The highest BCUT2D eigenvalue weighted by molar-refractivity contribution is 5.89. The summed E-state index contributed by atoms with van der Waals surface area (Å²) < 4.78 is 1.87. The van der Waals surface area contributed by atoms with Crippen molar-refractivity contribution in [3.05, 3.63) is 48.3 Å². The second-order valence-corrected chi connectivity index (χ2v) is 7.69. The molecule has 0 aliphatic carbocycles. The molecule has 1 aliphatic rings. The lowest BCUT2D eigenvalue weighted by Crippen LogP contribution is -2.29. The van der Waals surface area contributed by atoms with E-state index >= 15 is 0 Å². The monoisotopic (exact) mass is 378 g/mol. The highest BCUT2D eigenvalue weighted by atomic mass is 16.2. The zero-order valence-electron chi connectivity index (χ0n) is 16.6. The van der Waals surface area contributed by atoms with Gasteiger partial charge < -0.3 is 15.1 Å². The molecule has 7 nitrogen and oxygen atoms in total. The number of rotatable bonds is 3. The molecule has 1 saturated heterocycles. The number of fused-ring (bicyclic) bond motifs is 1. The van der Waals surface area contributed by atoms with E-state index in [-0.39, 0.29) is 6.03 Å². The van der Waals surface area contributed by atoms with Crippen molar-refractivity contribution < 1.29 is 4.79 Å². The fraction of sp³-hybridized carbons (Fsp3) is 0.381. The van der Waals surface area contributed by atoms with Crippen molar-refractivity contribution in [1.29, 1.82) is 0 Å². The summed E-state index contributed by atoms with van der Waals surface area (Å²) in [4.78, 5) is 20.4. The second-order valence-electron chi connectivity index (χ2n) is 7.69. The normalized spacial score (nSPS) is 15.7. The molecule has 146 valence electrons. The summed E-state index contributed by atoms with van der Waals surface area (Å²) in [6.07, 6.45) is 6.14. The number of carbonyl (C=O) groups is 1. The van der Waals surface area contributed by atoms with Gasteiger partial charge in [0.05, 0.1) is 18.1 Å². The summed E-state index contributed by atoms with van der Waals surface area (Å²) in [5, 5.41) is 7.56. The van der Waals surface area contributed by atoms with Crippen LogP contribution in [0.1, 0.15) is 24.3 Å². The van der Waals surface area contributed by atoms with E-state index in [2.05, 4.69) is 33.4 Å². The van der Waals surface area contributed by atoms with Crippen molar-refractivity contribution in [3.63, 3.8) is 0 Å². The zero-order valence-corrected chi connectivity index (χ0v) is 16.6. The first kappa shape index (κ1) is 18.4. The Morgan fingerprint density at radius 3 is 2.71 bits per heavy atom. The largest absolute Gasteiger partial charge is 0.331 e. The highest BCUT2D eigenvalue weighted by Gasteiger charge is 2.20. The molecular weight excluding hydrogens is 352 g/mol. The summed E-state index contributed by atoms with van der Waals surface area (Å²) in [5.41, 5.74) is 4.74. The van der Waals surface area contributed by atoms with Gasteiger partial charge in [-0.2, -0.15) is 5.10 Å². The van der Waals surface area contributed by atoms with Gasteiger partial charge in [-0.3, -0.25) is 0 Å². The number of anilines is 1. The van der Waals surface area contributed by atoms with Gasteiger partial charge in [-0.05, 0) is 62.7 Å². The summed E-state index contributed by atoms with van der Waals surface area (Å²) in [5.74, 6) is 0.554. The number of nitrogens with zero attached hydrogens (tertiary/aromatic N) is 5. The van der Waals surface area contributed by atoms with E-state index in [1.165, 1.54) is 10.5 Å². The molecule has 3 heterocycles. The maximum absolute atomic E-state index is 11.9. The molecule has 1 aromatic carbocycles. The van der Waals surface area contributed by atoms with Gasteiger partial charge in [0, 0.05) is 25.3 Å². The molecule has 2 amide bonds. The van der Waals surface area contributed by atoms with Crippen LogP contribution in [0.3, 0.4) is 0 Å². The van der Waals surface area contributed by atoms with Gasteiger partial charge in [-0.1, -0.05) is 12.1 Å². The molecule has 3 aromatic rings. The number of benzene rings is 1. The van der Waals surface area contributed by atoms with Crippen LogP contribution in [0.5, 0.6) is 0 Å². The van der Waals surface area contributed by atoms with Gasteiger partial charge in [-0.25, -0.2) is 14.3 Å². The first-order valence-electron chi connectivity index (χ1n) is 9.62. The van der Waals surface area contributed by atoms with Crippen LogP contribution in [0.2, 0.25) is 0 Å². The number of amides is 2. The average molecular weight is 378 g/mol. The van der Waals surface area contributed by atoms with Crippen molar-refractivity contribution in [3.8, 4) is 11.3 Å². The van der Waals surface area contributed by atoms with Crippen molar-refractivity contribution >= 4 is 17.4 Å². The molecule has 1 N–H and O–H groups in total. The van der Waals surface area contributed by atoms with Gasteiger partial charge >= 0.3 is 6.03 Å². The Morgan fingerprint density at radius 1 is 1.18 bits per heavy atom. The SMILES string of the molecule is CN1CCC(c2cnn3c(-c4cccc(NC(=O)N(C)C)c4)cnc3c2)CC1. The van der Waals surface area contributed by atoms with Gasteiger partial charge in [-0.15, -0.1) is 0 Å². The lowest BCUT2D eigenvalue weighted by Gasteiger charge is -2.28. The van der Waals surface area contributed by atoms with E-state index in [0.717, 1.165) is 48.5 Å². The van der Waals surface area contributed by atoms with Crippen LogP contribution >= 0.6 is 0 Å². The number of hydrogen-bond donors (Lipinski definition) is 1. The Labute approximate surface area is 165 Å². The Morgan fingerprint density at radius 2 is 1.96 bits per heavy atom. The molecule has 0 atom stereocenters. The molecule has 1 fully saturated rings. The summed E-state index contributed by atoms with van der Waals surface area (Å²) in [6, 6.07) is 9.74. The van der Waals surface area contributed by atoms with E-state index in [9.17, 15) is 4.79 Å². The standard InChI is InChI=1S/C21H26N6O/c1-25(2)21(28)24-18-6-4-5-16(11-18)19-14-22-20-12-17(13-23-27(19)20)15-7-9-26(3)10-8-15/h4-6,11-15H,7-10H2,1-3H3,(H,24,28). The number of urea groups is 1. The summed E-state index contributed by atoms with van der Waals surface area (Å²) in [6.45, 7) is 2.25. The number of hydrogen-bond acceptors (Lipinski definition) is 4. The molecule has 0 radical (unpaired) electrons. The topological polar surface area (TPSA) is 65.8 Å². The number of nitrogens with one attached hydrogen (secondary N) is 1. The first-order chi connectivity index (χ1) is 13.5. The predicted molar refractivity (Wildman–Crippen MR) is 111 cm³/mol. The third kappa shape index (κ3) is 3.71. The van der Waals surface area contributed by atoms with Crippen LogP contribution in [0, 0.1) is 0 Å². The van der Waals surface area contributed by atoms with E-state index < -0.39 is 0 Å². The van der Waals surface area contributed by atoms with Gasteiger partial charge in [0.25, 0.3) is 0 Å². The third-order valence-corrected chi connectivity index (χ3v) is 5.39. The molecule has 0 bridgehead atoms. The second kappa shape index (κ2) is 7.59. The summed E-state index contributed by atoms with van der Waals surface area (Å²) >= 11 is 0. The van der Waals surface area contributed by atoms with Crippen LogP contribution in [0.4, 0.5) is 10.5 Å². The maximum atomic E-state index is 11.9. The number of imidazole rings is 1. The molecule has 0 spiro atoms. The van der Waals surface area contributed by atoms with Crippen LogP contribution in [-0.4, -0.2) is 64.7 Å². The van der Waals surface area contributed by atoms with Gasteiger partial charge in [0.1, 0.15) is 0 Å².